The monoisotopic (exact) mass is 460 g/mol. The Labute approximate surface area is 198 Å². The van der Waals surface area contributed by atoms with E-state index in [9.17, 15) is 4.39 Å². The van der Waals surface area contributed by atoms with E-state index >= 15 is 0 Å². The standard InChI is InChI=1S/C26H29FN6O/c1-16-23-25(31-26(29-16)34-2)33(24(30-23)20-11-21(27)13-28-12-20)14-17-3-5-18(6-4-17)22-15-32-9-7-19(22)8-10-32/h3-5,11-13,18-19,22H,6-10,14-15H2,1-2H3. The number of methoxy groups -OCH3 is 1. The molecule has 0 radical (unpaired) electrons. The molecule has 0 N–H and O–H groups in total. The van der Waals surface area contributed by atoms with Gasteiger partial charge in [0.05, 0.1) is 25.5 Å². The van der Waals surface area contributed by atoms with Crippen molar-refractivity contribution < 1.29 is 9.13 Å². The third-order valence-electron chi connectivity index (χ3n) is 7.70. The van der Waals surface area contributed by atoms with E-state index in [1.54, 1.807) is 13.3 Å². The van der Waals surface area contributed by atoms with E-state index in [2.05, 4.69) is 38.1 Å². The fourth-order valence-corrected chi connectivity index (χ4v) is 5.90. The number of pyridine rings is 1. The first-order valence-electron chi connectivity index (χ1n) is 12.1. The zero-order valence-corrected chi connectivity index (χ0v) is 19.6. The number of hydrogen-bond acceptors (Lipinski definition) is 6. The Bertz CT molecular complexity index is 1290. The number of ether oxygens (including phenoxy) is 1. The quantitative estimate of drug-likeness (QED) is 0.569. The highest BCUT2D eigenvalue weighted by molar-refractivity contribution is 5.79. The van der Waals surface area contributed by atoms with E-state index in [1.807, 2.05) is 11.5 Å². The van der Waals surface area contributed by atoms with Crippen LogP contribution in [0.3, 0.4) is 0 Å². The van der Waals surface area contributed by atoms with Crippen LogP contribution in [0.4, 0.5) is 4.39 Å². The second-order valence-corrected chi connectivity index (χ2v) is 9.72. The molecule has 3 saturated heterocycles. The number of allylic oxidation sites excluding steroid dienone is 4. The Hall–Kier alpha value is -3.13. The fourth-order valence-electron chi connectivity index (χ4n) is 5.90. The lowest BCUT2D eigenvalue weighted by Gasteiger charge is -2.47. The molecule has 34 heavy (non-hydrogen) atoms. The molecule has 8 heteroatoms. The first-order valence-corrected chi connectivity index (χ1v) is 12.1. The molecule has 2 bridgehead atoms. The number of halogens is 1. The number of rotatable bonds is 5. The summed E-state index contributed by atoms with van der Waals surface area (Å²) in [6.45, 7) is 6.26. The summed E-state index contributed by atoms with van der Waals surface area (Å²) in [6.07, 6.45) is 13.6. The summed E-state index contributed by atoms with van der Waals surface area (Å²) in [5.74, 6) is 2.47. The van der Waals surface area contributed by atoms with Crippen molar-refractivity contribution in [1.29, 1.82) is 0 Å². The highest BCUT2D eigenvalue weighted by Gasteiger charge is 2.37. The molecule has 0 spiro atoms. The average molecular weight is 461 g/mol. The Morgan fingerprint density at radius 2 is 2.00 bits per heavy atom. The van der Waals surface area contributed by atoms with Crippen molar-refractivity contribution in [2.45, 2.75) is 32.7 Å². The molecule has 7 rings (SSSR count). The Morgan fingerprint density at radius 1 is 1.15 bits per heavy atom. The van der Waals surface area contributed by atoms with Crippen molar-refractivity contribution in [3.05, 3.63) is 53.8 Å². The van der Waals surface area contributed by atoms with Crippen LogP contribution in [0.5, 0.6) is 6.01 Å². The molecule has 3 fully saturated rings. The number of aromatic nitrogens is 5. The van der Waals surface area contributed by atoms with Crippen molar-refractivity contribution in [1.82, 2.24) is 29.4 Å². The van der Waals surface area contributed by atoms with Gasteiger partial charge in [-0.1, -0.05) is 18.2 Å². The van der Waals surface area contributed by atoms with Crippen LogP contribution < -0.4 is 4.74 Å². The average Bonchev–Trinajstić information content (AvgIpc) is 3.24. The van der Waals surface area contributed by atoms with Crippen LogP contribution in [0, 0.1) is 30.5 Å². The molecule has 1 aliphatic carbocycles. The number of imidazole rings is 1. The normalized spacial score (nSPS) is 26.1. The van der Waals surface area contributed by atoms with Gasteiger partial charge < -0.3 is 14.2 Å². The Balaban J connectivity index is 1.33. The Kier molecular flexibility index (Phi) is 5.40. The molecule has 7 nitrogen and oxygen atoms in total. The SMILES string of the molecule is COc1nc(C)c2nc(-c3cncc(F)c3)n(CC3=CCC(C4CN5CCC4CC5)C=C3)c2n1. The van der Waals surface area contributed by atoms with E-state index in [-0.39, 0.29) is 0 Å². The summed E-state index contributed by atoms with van der Waals surface area (Å²) in [7, 11) is 1.56. The van der Waals surface area contributed by atoms with Gasteiger partial charge in [-0.3, -0.25) is 4.98 Å². The minimum absolute atomic E-state index is 0.297. The first-order chi connectivity index (χ1) is 16.6. The number of aryl methyl sites for hydroxylation is 1. The molecule has 3 aromatic rings. The van der Waals surface area contributed by atoms with Crippen LogP contribution in [0.2, 0.25) is 0 Å². The number of hydrogen-bond donors (Lipinski definition) is 0. The van der Waals surface area contributed by atoms with Gasteiger partial charge in [-0.2, -0.15) is 9.97 Å². The van der Waals surface area contributed by atoms with Gasteiger partial charge in [0.1, 0.15) is 17.2 Å². The summed E-state index contributed by atoms with van der Waals surface area (Å²) >= 11 is 0. The second-order valence-electron chi connectivity index (χ2n) is 9.72. The minimum Gasteiger partial charge on any atom is -0.467 e. The van der Waals surface area contributed by atoms with E-state index in [0.29, 0.717) is 41.0 Å². The summed E-state index contributed by atoms with van der Waals surface area (Å²) < 4.78 is 21.3. The summed E-state index contributed by atoms with van der Waals surface area (Å²) in [6, 6.07) is 1.75. The van der Waals surface area contributed by atoms with Crippen LogP contribution in [-0.4, -0.2) is 56.1 Å². The van der Waals surface area contributed by atoms with Gasteiger partial charge in [-0.25, -0.2) is 9.37 Å². The van der Waals surface area contributed by atoms with Gasteiger partial charge in [0.25, 0.3) is 0 Å². The smallest absolute Gasteiger partial charge is 0.318 e. The third kappa shape index (κ3) is 3.79. The summed E-state index contributed by atoms with van der Waals surface area (Å²) in [4.78, 5) is 20.4. The van der Waals surface area contributed by atoms with Gasteiger partial charge in [0, 0.05) is 18.3 Å². The van der Waals surface area contributed by atoms with E-state index in [4.69, 9.17) is 9.72 Å². The van der Waals surface area contributed by atoms with Crippen LogP contribution in [-0.2, 0) is 6.54 Å². The van der Waals surface area contributed by atoms with E-state index < -0.39 is 5.82 Å². The maximum absolute atomic E-state index is 14.0. The van der Waals surface area contributed by atoms with Crippen molar-refractivity contribution in [2.24, 2.45) is 17.8 Å². The van der Waals surface area contributed by atoms with Gasteiger partial charge in [-0.05, 0) is 68.7 Å². The second kappa shape index (κ2) is 8.58. The zero-order valence-electron chi connectivity index (χ0n) is 19.6. The molecule has 0 amide bonds. The predicted octanol–water partition coefficient (Wildman–Crippen LogP) is 4.19. The van der Waals surface area contributed by atoms with Crippen molar-refractivity contribution >= 4 is 11.2 Å². The molecule has 2 atom stereocenters. The number of nitrogens with zero attached hydrogens (tertiary/aromatic N) is 6. The third-order valence-corrected chi connectivity index (χ3v) is 7.70. The van der Waals surface area contributed by atoms with Gasteiger partial charge in [0.2, 0.25) is 0 Å². The zero-order chi connectivity index (χ0) is 23.2. The van der Waals surface area contributed by atoms with Crippen molar-refractivity contribution in [3.8, 4) is 17.4 Å². The molecule has 2 unspecified atom stereocenters. The van der Waals surface area contributed by atoms with Crippen molar-refractivity contribution in [3.63, 3.8) is 0 Å². The van der Waals surface area contributed by atoms with Gasteiger partial charge >= 0.3 is 6.01 Å². The molecule has 3 aliphatic heterocycles. The molecular weight excluding hydrogens is 431 g/mol. The molecule has 0 aromatic carbocycles. The van der Waals surface area contributed by atoms with Gasteiger partial charge in [-0.15, -0.1) is 0 Å². The molecule has 4 aliphatic rings. The van der Waals surface area contributed by atoms with Crippen LogP contribution in [0.15, 0.2) is 42.3 Å². The molecular formula is C26H29FN6O. The Morgan fingerprint density at radius 3 is 2.68 bits per heavy atom. The minimum atomic E-state index is -0.395. The number of piperidine rings is 3. The largest absolute Gasteiger partial charge is 0.467 e. The maximum atomic E-state index is 14.0. The molecule has 3 aromatic heterocycles. The lowest BCUT2D eigenvalue weighted by molar-refractivity contribution is 0.0302. The van der Waals surface area contributed by atoms with Crippen LogP contribution in [0.1, 0.15) is 25.0 Å². The predicted molar refractivity (Wildman–Crippen MR) is 128 cm³/mol. The fraction of sp³-hybridized carbons (Fsp3) is 0.462. The van der Waals surface area contributed by atoms with Crippen LogP contribution >= 0.6 is 0 Å². The van der Waals surface area contributed by atoms with E-state index in [1.165, 1.54) is 50.3 Å². The molecule has 0 saturated carbocycles. The highest BCUT2D eigenvalue weighted by atomic mass is 19.1. The van der Waals surface area contributed by atoms with E-state index in [0.717, 1.165) is 24.0 Å². The lowest BCUT2D eigenvalue weighted by atomic mass is 9.70. The first kappa shape index (κ1) is 21.4. The summed E-state index contributed by atoms with van der Waals surface area (Å²) in [5, 5.41) is 0. The van der Waals surface area contributed by atoms with Crippen molar-refractivity contribution in [2.75, 3.05) is 26.7 Å². The summed E-state index contributed by atoms with van der Waals surface area (Å²) in [5.41, 5.74) is 3.91. The van der Waals surface area contributed by atoms with Gasteiger partial charge in [0.15, 0.2) is 5.65 Å². The molecule has 176 valence electrons. The molecule has 6 heterocycles. The topological polar surface area (TPSA) is 69.0 Å². The highest BCUT2D eigenvalue weighted by Crippen LogP contribution is 2.40. The maximum Gasteiger partial charge on any atom is 0.318 e. The number of fused-ring (bicyclic) bond motifs is 4. The van der Waals surface area contributed by atoms with Crippen LogP contribution in [0.25, 0.3) is 22.6 Å². The lowest BCUT2D eigenvalue weighted by Crippen LogP contribution is -2.49.